The molecule has 2 rings (SSSR count). The first-order valence-corrected chi connectivity index (χ1v) is 5.36. The molecule has 0 bridgehead atoms. The van der Waals surface area contributed by atoms with Gasteiger partial charge < -0.3 is 9.73 Å². The van der Waals surface area contributed by atoms with Crippen molar-refractivity contribution in [1.82, 2.24) is 0 Å². The highest BCUT2D eigenvalue weighted by molar-refractivity contribution is 5.44. The third-order valence-corrected chi connectivity index (χ3v) is 2.40. The lowest BCUT2D eigenvalue weighted by Gasteiger charge is -2.16. The molecule has 0 saturated carbocycles. The summed E-state index contributed by atoms with van der Waals surface area (Å²) in [5, 5.41) is 3.42. The predicted octanol–water partition coefficient (Wildman–Crippen LogP) is 4.01. The topological polar surface area (TPSA) is 25.2 Å². The molecule has 2 heteroatoms. The number of anilines is 1. The monoisotopic (exact) mass is 213 g/mol. The summed E-state index contributed by atoms with van der Waals surface area (Å²) >= 11 is 0. The van der Waals surface area contributed by atoms with Crippen molar-refractivity contribution in [3.8, 4) is 0 Å². The van der Waals surface area contributed by atoms with Crippen molar-refractivity contribution in [2.45, 2.75) is 12.5 Å². The number of furan rings is 1. The molecule has 1 atom stereocenters. The first-order valence-electron chi connectivity index (χ1n) is 5.36. The van der Waals surface area contributed by atoms with Crippen LogP contribution in [0.25, 0.3) is 0 Å². The molecule has 0 fully saturated rings. The van der Waals surface area contributed by atoms with E-state index in [-0.39, 0.29) is 6.04 Å². The number of nitrogens with one attached hydrogen (secondary N) is 1. The molecule has 0 saturated heterocycles. The van der Waals surface area contributed by atoms with Crippen molar-refractivity contribution in [2.75, 3.05) is 5.32 Å². The molecule has 1 N–H and O–H groups in total. The fourth-order valence-electron chi connectivity index (χ4n) is 1.64. The lowest BCUT2D eigenvalue weighted by atomic mass is 10.1. The van der Waals surface area contributed by atoms with Gasteiger partial charge in [0.2, 0.25) is 0 Å². The van der Waals surface area contributed by atoms with Gasteiger partial charge in [0.25, 0.3) is 0 Å². The van der Waals surface area contributed by atoms with E-state index in [2.05, 4.69) is 11.9 Å². The van der Waals surface area contributed by atoms with Gasteiger partial charge in [-0.3, -0.25) is 0 Å². The Balaban J connectivity index is 2.12. The average molecular weight is 213 g/mol. The van der Waals surface area contributed by atoms with E-state index in [1.807, 2.05) is 48.5 Å². The Morgan fingerprint density at radius 2 is 2.00 bits per heavy atom. The lowest BCUT2D eigenvalue weighted by molar-refractivity contribution is 0.480. The van der Waals surface area contributed by atoms with Crippen LogP contribution in [0.5, 0.6) is 0 Å². The molecule has 0 aliphatic rings. The van der Waals surface area contributed by atoms with Crippen molar-refractivity contribution >= 4 is 5.69 Å². The number of hydrogen-bond donors (Lipinski definition) is 1. The van der Waals surface area contributed by atoms with Crippen LogP contribution in [0.4, 0.5) is 5.69 Å². The largest absolute Gasteiger partial charge is 0.467 e. The third kappa shape index (κ3) is 2.54. The Morgan fingerprint density at radius 3 is 2.62 bits per heavy atom. The van der Waals surface area contributed by atoms with Gasteiger partial charge in [-0.05, 0) is 30.7 Å². The van der Waals surface area contributed by atoms with Gasteiger partial charge in [0.15, 0.2) is 0 Å². The van der Waals surface area contributed by atoms with E-state index in [1.54, 1.807) is 6.26 Å². The van der Waals surface area contributed by atoms with E-state index in [1.165, 1.54) is 0 Å². The van der Waals surface area contributed by atoms with Gasteiger partial charge in [-0.1, -0.05) is 24.3 Å². The second-order valence-corrected chi connectivity index (χ2v) is 3.60. The normalized spacial score (nSPS) is 12.0. The maximum atomic E-state index is 5.41. The molecule has 0 spiro atoms. The van der Waals surface area contributed by atoms with Crippen LogP contribution >= 0.6 is 0 Å². The van der Waals surface area contributed by atoms with Crippen LogP contribution in [-0.4, -0.2) is 0 Å². The number of para-hydroxylation sites is 1. The molecule has 16 heavy (non-hydrogen) atoms. The molecule has 1 heterocycles. The van der Waals surface area contributed by atoms with Crippen molar-refractivity contribution in [3.05, 3.63) is 67.1 Å². The first-order chi connectivity index (χ1) is 7.90. The minimum absolute atomic E-state index is 0.148. The quantitative estimate of drug-likeness (QED) is 0.759. The molecule has 0 radical (unpaired) electrons. The molecule has 0 aliphatic heterocycles. The highest BCUT2D eigenvalue weighted by Crippen LogP contribution is 2.23. The van der Waals surface area contributed by atoms with Gasteiger partial charge in [0, 0.05) is 5.69 Å². The Labute approximate surface area is 95.6 Å². The van der Waals surface area contributed by atoms with Crippen LogP contribution in [0.2, 0.25) is 0 Å². The zero-order valence-electron chi connectivity index (χ0n) is 9.10. The smallest absolute Gasteiger partial charge is 0.126 e. The van der Waals surface area contributed by atoms with Gasteiger partial charge >= 0.3 is 0 Å². The highest BCUT2D eigenvalue weighted by atomic mass is 16.3. The van der Waals surface area contributed by atoms with Gasteiger partial charge in [-0.15, -0.1) is 6.58 Å². The van der Waals surface area contributed by atoms with Crippen LogP contribution < -0.4 is 5.32 Å². The van der Waals surface area contributed by atoms with Crippen LogP contribution in [0, 0.1) is 0 Å². The Morgan fingerprint density at radius 1 is 1.19 bits per heavy atom. The van der Waals surface area contributed by atoms with Crippen LogP contribution in [0.3, 0.4) is 0 Å². The fraction of sp³-hybridized carbons (Fsp3) is 0.143. The van der Waals surface area contributed by atoms with E-state index in [9.17, 15) is 0 Å². The van der Waals surface area contributed by atoms with E-state index in [0.29, 0.717) is 0 Å². The van der Waals surface area contributed by atoms with Crippen LogP contribution in [0.1, 0.15) is 18.2 Å². The maximum absolute atomic E-state index is 5.41. The minimum atomic E-state index is 0.148. The van der Waals surface area contributed by atoms with Gasteiger partial charge in [0.05, 0.1) is 12.3 Å². The summed E-state index contributed by atoms with van der Waals surface area (Å²) in [7, 11) is 0. The van der Waals surface area contributed by atoms with E-state index in [0.717, 1.165) is 17.9 Å². The van der Waals surface area contributed by atoms with Crippen molar-refractivity contribution in [3.63, 3.8) is 0 Å². The summed E-state index contributed by atoms with van der Waals surface area (Å²) in [6.45, 7) is 3.77. The van der Waals surface area contributed by atoms with Gasteiger partial charge in [-0.25, -0.2) is 0 Å². The Bertz CT molecular complexity index is 419. The third-order valence-electron chi connectivity index (χ3n) is 2.40. The second-order valence-electron chi connectivity index (χ2n) is 3.60. The zero-order valence-corrected chi connectivity index (χ0v) is 9.10. The van der Waals surface area contributed by atoms with E-state index in [4.69, 9.17) is 4.42 Å². The Kier molecular flexibility index (Phi) is 3.44. The van der Waals surface area contributed by atoms with E-state index >= 15 is 0 Å². The van der Waals surface area contributed by atoms with Gasteiger partial charge in [-0.2, -0.15) is 0 Å². The molecular weight excluding hydrogens is 198 g/mol. The second kappa shape index (κ2) is 5.21. The SMILES string of the molecule is C=CC[C@H](Nc1ccccc1)c1ccco1. The first kappa shape index (κ1) is 10.6. The fourth-order valence-corrected chi connectivity index (χ4v) is 1.64. The van der Waals surface area contributed by atoms with Crippen molar-refractivity contribution in [1.29, 1.82) is 0 Å². The molecule has 82 valence electrons. The maximum Gasteiger partial charge on any atom is 0.126 e. The summed E-state index contributed by atoms with van der Waals surface area (Å²) in [6, 6.07) is 14.1. The van der Waals surface area contributed by atoms with Crippen molar-refractivity contribution < 1.29 is 4.42 Å². The molecule has 0 aliphatic carbocycles. The molecule has 0 unspecified atom stereocenters. The number of rotatable bonds is 5. The standard InChI is InChI=1S/C14H15NO/c1-2-7-13(14-10-6-11-16-14)15-12-8-4-3-5-9-12/h2-6,8-11,13,15H,1,7H2/t13-/m0/s1. The van der Waals surface area contributed by atoms with E-state index < -0.39 is 0 Å². The summed E-state index contributed by atoms with van der Waals surface area (Å²) in [5.74, 6) is 0.934. The molecular formula is C14H15NO. The highest BCUT2D eigenvalue weighted by Gasteiger charge is 2.11. The zero-order chi connectivity index (χ0) is 11.2. The minimum Gasteiger partial charge on any atom is -0.467 e. The van der Waals surface area contributed by atoms with Crippen LogP contribution in [0.15, 0.2) is 65.8 Å². The lowest BCUT2D eigenvalue weighted by Crippen LogP contribution is -2.08. The molecule has 1 aromatic heterocycles. The Hall–Kier alpha value is -1.96. The molecule has 2 nitrogen and oxygen atoms in total. The average Bonchev–Trinajstić information content (AvgIpc) is 2.83. The summed E-state index contributed by atoms with van der Waals surface area (Å²) in [5.41, 5.74) is 1.09. The molecule has 2 aromatic rings. The number of benzene rings is 1. The summed E-state index contributed by atoms with van der Waals surface area (Å²) in [6.07, 6.45) is 4.42. The molecule has 1 aromatic carbocycles. The number of hydrogen-bond acceptors (Lipinski definition) is 2. The summed E-state index contributed by atoms with van der Waals surface area (Å²) < 4.78 is 5.41. The predicted molar refractivity (Wildman–Crippen MR) is 66.3 cm³/mol. The van der Waals surface area contributed by atoms with Gasteiger partial charge in [0.1, 0.15) is 5.76 Å². The molecule has 0 amide bonds. The van der Waals surface area contributed by atoms with Crippen molar-refractivity contribution in [2.24, 2.45) is 0 Å². The summed E-state index contributed by atoms with van der Waals surface area (Å²) in [4.78, 5) is 0. The van der Waals surface area contributed by atoms with Crippen LogP contribution in [-0.2, 0) is 0 Å².